The number of benzene rings is 1. The first-order valence-corrected chi connectivity index (χ1v) is 9.78. The van der Waals surface area contributed by atoms with E-state index < -0.39 is 5.54 Å². The Hall–Kier alpha value is -3.30. The summed E-state index contributed by atoms with van der Waals surface area (Å²) in [7, 11) is 0. The average molecular weight is 409 g/mol. The number of nitrogens with two attached hydrogens (primary N) is 1. The molecule has 0 unspecified atom stereocenters. The van der Waals surface area contributed by atoms with Gasteiger partial charge in [0.1, 0.15) is 11.4 Å². The van der Waals surface area contributed by atoms with Crippen LogP contribution in [0.3, 0.4) is 0 Å². The number of amides is 1. The number of aromatic nitrogens is 3. The number of anilines is 1. The van der Waals surface area contributed by atoms with Gasteiger partial charge in [-0.15, -0.1) is 16.4 Å². The molecule has 3 aromatic heterocycles. The Morgan fingerprint density at radius 2 is 2.00 bits per heavy atom. The molecular weight excluding hydrogens is 393 g/mol. The van der Waals surface area contributed by atoms with Crippen molar-refractivity contribution in [1.29, 1.82) is 0 Å². The molecule has 1 aliphatic heterocycles. The molecule has 0 saturated carbocycles. The fourth-order valence-electron chi connectivity index (χ4n) is 3.34. The summed E-state index contributed by atoms with van der Waals surface area (Å²) in [5.41, 5.74) is 8.28. The molecule has 146 valence electrons. The van der Waals surface area contributed by atoms with Gasteiger partial charge in [0.2, 0.25) is 5.95 Å². The van der Waals surface area contributed by atoms with Gasteiger partial charge in [-0.3, -0.25) is 4.79 Å². The lowest BCUT2D eigenvalue weighted by atomic mass is 9.88. The van der Waals surface area contributed by atoms with Crippen molar-refractivity contribution in [2.75, 3.05) is 18.9 Å². The second-order valence-corrected chi connectivity index (χ2v) is 7.84. The number of carbonyl (C=O) groups is 1. The summed E-state index contributed by atoms with van der Waals surface area (Å²) in [6, 6.07) is 11.7. The topological polar surface area (TPSA) is 94.5 Å². The largest absolute Gasteiger partial charge is 0.376 e. The third-order valence-electron chi connectivity index (χ3n) is 4.95. The highest BCUT2D eigenvalue weighted by atomic mass is 32.1. The molecule has 29 heavy (non-hydrogen) atoms. The third kappa shape index (κ3) is 3.14. The summed E-state index contributed by atoms with van der Waals surface area (Å²) >= 11 is 1.35. The summed E-state index contributed by atoms with van der Waals surface area (Å²) < 4.78 is 20.2. The number of carbonyl (C=O) groups excluding carboxylic acids is 1. The number of ether oxygens (including phenoxy) is 1. The molecule has 1 saturated heterocycles. The van der Waals surface area contributed by atoms with E-state index in [0.717, 1.165) is 16.7 Å². The van der Waals surface area contributed by atoms with E-state index in [0.29, 0.717) is 23.7 Å². The molecular formula is C20H16FN5O2S. The zero-order valence-corrected chi connectivity index (χ0v) is 15.9. The maximum absolute atomic E-state index is 13.3. The molecule has 9 heteroatoms. The lowest BCUT2D eigenvalue weighted by Crippen LogP contribution is -2.59. The molecule has 0 spiro atoms. The van der Waals surface area contributed by atoms with Crippen molar-refractivity contribution in [3.8, 4) is 11.1 Å². The summed E-state index contributed by atoms with van der Waals surface area (Å²) in [4.78, 5) is 17.6. The van der Waals surface area contributed by atoms with Gasteiger partial charge in [0, 0.05) is 11.8 Å². The van der Waals surface area contributed by atoms with Crippen LogP contribution in [-0.4, -0.2) is 33.7 Å². The monoisotopic (exact) mass is 409 g/mol. The van der Waals surface area contributed by atoms with E-state index in [-0.39, 0.29) is 17.7 Å². The van der Waals surface area contributed by atoms with Gasteiger partial charge in [-0.1, -0.05) is 12.1 Å². The Kier molecular flexibility index (Phi) is 4.07. The number of nitrogen functional groups attached to an aromatic ring is 1. The molecule has 4 heterocycles. The highest BCUT2D eigenvalue weighted by molar-refractivity contribution is 7.12. The molecule has 0 radical (unpaired) electrons. The molecule has 1 amide bonds. The Labute approximate surface area is 168 Å². The normalized spacial score (nSPS) is 15.2. The van der Waals surface area contributed by atoms with Crippen LogP contribution in [0.4, 0.5) is 10.3 Å². The van der Waals surface area contributed by atoms with E-state index in [2.05, 4.69) is 15.4 Å². The second-order valence-electron chi connectivity index (χ2n) is 6.93. The maximum atomic E-state index is 13.3. The number of nitrogens with zero attached hydrogens (tertiary/aromatic N) is 3. The molecule has 1 aromatic carbocycles. The van der Waals surface area contributed by atoms with Crippen molar-refractivity contribution in [2.24, 2.45) is 0 Å². The van der Waals surface area contributed by atoms with Crippen molar-refractivity contribution in [2.45, 2.75) is 5.54 Å². The summed E-state index contributed by atoms with van der Waals surface area (Å²) in [6.45, 7) is 0.708. The summed E-state index contributed by atoms with van der Waals surface area (Å²) in [5.74, 6) is -0.300. The average Bonchev–Trinajstić information content (AvgIpc) is 3.30. The van der Waals surface area contributed by atoms with Crippen molar-refractivity contribution < 1.29 is 13.9 Å². The Balaban J connectivity index is 1.39. The standard InChI is InChI=1S/C20H16FN5O2S/c21-15-4-2-14(3-5-15)20(10-28-11-20)24-18(27)16-7-13(9-29-16)12-1-6-17-23-19(22)25-26(17)8-12/h1-9H,10-11H2,(H2,22,25)(H,24,27). The SMILES string of the molecule is Nc1nc2ccc(-c3csc(C(=O)NC4(c5ccc(F)cc5)COC4)c3)cn2n1. The van der Waals surface area contributed by atoms with Gasteiger partial charge in [-0.25, -0.2) is 8.91 Å². The van der Waals surface area contributed by atoms with Gasteiger partial charge < -0.3 is 15.8 Å². The van der Waals surface area contributed by atoms with Crippen LogP contribution in [0.2, 0.25) is 0 Å². The van der Waals surface area contributed by atoms with Gasteiger partial charge >= 0.3 is 0 Å². The number of hydrogen-bond donors (Lipinski definition) is 2. The number of thiophene rings is 1. The minimum absolute atomic E-state index is 0.194. The van der Waals surface area contributed by atoms with E-state index in [1.807, 2.05) is 29.8 Å². The van der Waals surface area contributed by atoms with E-state index in [1.54, 1.807) is 16.6 Å². The van der Waals surface area contributed by atoms with Crippen LogP contribution in [0, 0.1) is 5.82 Å². The summed E-state index contributed by atoms with van der Waals surface area (Å²) in [6.07, 6.45) is 1.82. The lowest BCUT2D eigenvalue weighted by Gasteiger charge is -2.42. The molecule has 3 N–H and O–H groups in total. The Morgan fingerprint density at radius 3 is 2.72 bits per heavy atom. The highest BCUT2D eigenvalue weighted by Gasteiger charge is 2.42. The van der Waals surface area contributed by atoms with Crippen LogP contribution in [0.1, 0.15) is 15.2 Å². The fraction of sp³-hybridized carbons (Fsp3) is 0.150. The van der Waals surface area contributed by atoms with Crippen LogP contribution in [0.15, 0.2) is 54.0 Å². The smallest absolute Gasteiger partial charge is 0.262 e. The van der Waals surface area contributed by atoms with Crippen molar-refractivity contribution in [3.05, 3.63) is 70.3 Å². The van der Waals surface area contributed by atoms with Crippen LogP contribution in [0.5, 0.6) is 0 Å². The number of fused-ring (bicyclic) bond motifs is 1. The lowest BCUT2D eigenvalue weighted by molar-refractivity contribution is -0.0733. The Bertz CT molecular complexity index is 1210. The third-order valence-corrected chi connectivity index (χ3v) is 5.88. The van der Waals surface area contributed by atoms with Crippen molar-refractivity contribution >= 4 is 28.8 Å². The number of halogens is 1. The number of nitrogens with one attached hydrogen (secondary N) is 1. The van der Waals surface area contributed by atoms with Crippen LogP contribution in [-0.2, 0) is 10.3 Å². The maximum Gasteiger partial charge on any atom is 0.262 e. The minimum Gasteiger partial charge on any atom is -0.376 e. The van der Waals surface area contributed by atoms with E-state index in [9.17, 15) is 9.18 Å². The van der Waals surface area contributed by atoms with Crippen LogP contribution in [0.25, 0.3) is 16.8 Å². The van der Waals surface area contributed by atoms with Crippen LogP contribution >= 0.6 is 11.3 Å². The second kappa shape index (κ2) is 6.64. The Morgan fingerprint density at radius 1 is 1.21 bits per heavy atom. The first kappa shape index (κ1) is 17.8. The van der Waals surface area contributed by atoms with Gasteiger partial charge in [-0.2, -0.15) is 4.98 Å². The van der Waals surface area contributed by atoms with Crippen molar-refractivity contribution in [3.63, 3.8) is 0 Å². The summed E-state index contributed by atoms with van der Waals surface area (Å²) in [5, 5.41) is 9.09. The number of hydrogen-bond acceptors (Lipinski definition) is 6. The fourth-order valence-corrected chi connectivity index (χ4v) is 4.15. The molecule has 0 bridgehead atoms. The quantitative estimate of drug-likeness (QED) is 0.541. The molecule has 1 aliphatic rings. The van der Waals surface area contributed by atoms with Gasteiger partial charge in [0.05, 0.1) is 18.1 Å². The molecule has 4 aromatic rings. The van der Waals surface area contributed by atoms with Crippen LogP contribution < -0.4 is 11.1 Å². The van der Waals surface area contributed by atoms with Crippen molar-refractivity contribution in [1.82, 2.24) is 19.9 Å². The first-order valence-electron chi connectivity index (χ1n) is 8.90. The highest BCUT2D eigenvalue weighted by Crippen LogP contribution is 2.32. The molecule has 7 nitrogen and oxygen atoms in total. The molecule has 1 fully saturated rings. The van der Waals surface area contributed by atoms with E-state index in [1.165, 1.54) is 23.5 Å². The van der Waals surface area contributed by atoms with Gasteiger partial charge in [-0.05, 0) is 46.8 Å². The minimum atomic E-state index is -0.633. The first-order chi connectivity index (χ1) is 14.0. The predicted molar refractivity (Wildman–Crippen MR) is 107 cm³/mol. The number of pyridine rings is 1. The number of rotatable bonds is 4. The molecule has 5 rings (SSSR count). The zero-order chi connectivity index (χ0) is 20.0. The predicted octanol–water partition coefficient (Wildman–Crippen LogP) is 2.83. The van der Waals surface area contributed by atoms with Gasteiger partial charge in [0.25, 0.3) is 5.91 Å². The van der Waals surface area contributed by atoms with Gasteiger partial charge in [0.15, 0.2) is 5.65 Å². The van der Waals surface area contributed by atoms with E-state index in [4.69, 9.17) is 10.5 Å². The molecule has 0 aliphatic carbocycles. The molecule has 0 atom stereocenters. The van der Waals surface area contributed by atoms with E-state index >= 15 is 0 Å². The zero-order valence-electron chi connectivity index (χ0n) is 15.1.